The first-order valence-electron chi connectivity index (χ1n) is 12.0. The number of hydrogen-bond donors (Lipinski definition) is 2. The molecule has 1 saturated heterocycles. The molecule has 9 heteroatoms. The number of ether oxygens (including phenoxy) is 2. The summed E-state index contributed by atoms with van der Waals surface area (Å²) in [4.78, 5) is 12.4. The van der Waals surface area contributed by atoms with Gasteiger partial charge in [-0.1, -0.05) is 20.8 Å². The second kappa shape index (κ2) is 12.1. The molecule has 3 rings (SSSR count). The predicted molar refractivity (Wildman–Crippen MR) is 131 cm³/mol. The van der Waals surface area contributed by atoms with Crippen molar-refractivity contribution >= 4 is 11.6 Å². The first-order chi connectivity index (χ1) is 16.3. The molecule has 186 valence electrons. The van der Waals surface area contributed by atoms with E-state index < -0.39 is 0 Å². The SMILES string of the molecule is COc1cc([N+](=N)N2CCCCN(c3ncccn3)CCC(CO)OCC2)ccc1C(C)(C)C. The molecular weight excluding hydrogens is 432 g/mol. The number of nitrogens with zero attached hydrogens (tertiary/aromatic N) is 5. The van der Waals surface area contributed by atoms with Gasteiger partial charge in [-0.15, -0.1) is 0 Å². The molecule has 2 heterocycles. The van der Waals surface area contributed by atoms with E-state index in [1.165, 1.54) is 4.81 Å². The zero-order valence-electron chi connectivity index (χ0n) is 20.9. The summed E-state index contributed by atoms with van der Waals surface area (Å²) in [5, 5.41) is 11.8. The van der Waals surface area contributed by atoms with Crippen LogP contribution in [0.5, 0.6) is 5.75 Å². The molecule has 1 aliphatic rings. The van der Waals surface area contributed by atoms with Gasteiger partial charge in [-0.25, -0.2) is 9.97 Å². The molecule has 1 aliphatic heterocycles. The minimum atomic E-state index is -0.266. The summed E-state index contributed by atoms with van der Waals surface area (Å²) in [6.45, 7) is 9.65. The van der Waals surface area contributed by atoms with E-state index in [9.17, 15) is 5.11 Å². The van der Waals surface area contributed by atoms with Gasteiger partial charge in [-0.3, -0.25) is 0 Å². The highest BCUT2D eigenvalue weighted by molar-refractivity contribution is 5.46. The normalized spacial score (nSPS) is 18.7. The minimum Gasteiger partial charge on any atom is -0.496 e. The standard InChI is InChI=1S/C25H39N6O3/c1-25(2,3)22-9-8-20(18-23(22)33-4)31(26)30-14-6-5-13-29(24-27-11-7-12-28-24)15-10-21(19-32)34-17-16-30/h7-9,11-12,18,21,26,32H,5-6,10,13-17,19H2,1-4H3/q+1. The van der Waals surface area contributed by atoms with E-state index in [-0.39, 0.29) is 18.1 Å². The van der Waals surface area contributed by atoms with Crippen molar-refractivity contribution in [2.24, 2.45) is 0 Å². The fraction of sp³-hybridized carbons (Fsp3) is 0.600. The van der Waals surface area contributed by atoms with Crippen LogP contribution in [0.2, 0.25) is 0 Å². The van der Waals surface area contributed by atoms with E-state index in [1.54, 1.807) is 19.5 Å². The van der Waals surface area contributed by atoms with Crippen LogP contribution in [0.25, 0.3) is 0 Å². The number of rotatable bonds is 5. The van der Waals surface area contributed by atoms with Crippen molar-refractivity contribution in [3.63, 3.8) is 0 Å². The van der Waals surface area contributed by atoms with Crippen molar-refractivity contribution in [3.8, 4) is 5.75 Å². The van der Waals surface area contributed by atoms with E-state index in [4.69, 9.17) is 15.0 Å². The highest BCUT2D eigenvalue weighted by Gasteiger charge is 2.26. The van der Waals surface area contributed by atoms with Gasteiger partial charge in [0.25, 0.3) is 5.69 Å². The Kier molecular flexibility index (Phi) is 9.18. The third kappa shape index (κ3) is 6.87. The molecule has 34 heavy (non-hydrogen) atoms. The number of hydrogen-bond acceptors (Lipinski definition) is 7. The van der Waals surface area contributed by atoms with Crippen molar-refractivity contribution in [1.29, 1.82) is 5.53 Å². The van der Waals surface area contributed by atoms with Crippen LogP contribution < -0.4 is 9.64 Å². The van der Waals surface area contributed by atoms with Crippen LogP contribution in [-0.2, 0) is 10.2 Å². The monoisotopic (exact) mass is 471 g/mol. The van der Waals surface area contributed by atoms with Gasteiger partial charge >= 0.3 is 0 Å². The van der Waals surface area contributed by atoms with Gasteiger partial charge in [0, 0.05) is 36.4 Å². The lowest BCUT2D eigenvalue weighted by atomic mass is 9.86. The molecule has 2 aromatic rings. The zero-order chi connectivity index (χ0) is 24.6. The Morgan fingerprint density at radius 1 is 1.15 bits per heavy atom. The number of aliphatic hydroxyl groups excluding tert-OH is 1. The Bertz CT molecular complexity index is 919. The topological polar surface area (TPSA) is 97.8 Å². The summed E-state index contributed by atoms with van der Waals surface area (Å²) >= 11 is 0. The first kappa shape index (κ1) is 25.8. The maximum absolute atomic E-state index is 9.81. The third-order valence-corrected chi connectivity index (χ3v) is 6.08. The summed E-state index contributed by atoms with van der Waals surface area (Å²) in [5.74, 6) is 1.48. The summed E-state index contributed by atoms with van der Waals surface area (Å²) < 4.78 is 11.6. The fourth-order valence-corrected chi connectivity index (χ4v) is 4.12. The van der Waals surface area contributed by atoms with Gasteiger partial charge in [-0.05, 0) is 47.9 Å². The van der Waals surface area contributed by atoms with E-state index in [2.05, 4.69) is 35.6 Å². The smallest absolute Gasteiger partial charge is 0.268 e. The molecule has 1 aromatic heterocycles. The quantitative estimate of drug-likeness (QED) is 0.506. The molecule has 1 atom stereocenters. The van der Waals surface area contributed by atoms with Crippen LogP contribution in [-0.4, -0.2) is 77.5 Å². The van der Waals surface area contributed by atoms with Gasteiger partial charge in [0.15, 0.2) is 0 Å². The number of benzene rings is 1. The molecule has 0 saturated carbocycles. The van der Waals surface area contributed by atoms with Crippen molar-refractivity contribution in [2.45, 2.75) is 51.6 Å². The van der Waals surface area contributed by atoms with Gasteiger partial charge < -0.3 is 19.5 Å². The molecule has 1 aromatic carbocycles. The summed E-state index contributed by atoms with van der Waals surface area (Å²) in [6.07, 6.45) is 5.77. The van der Waals surface area contributed by atoms with Crippen LogP contribution >= 0.6 is 0 Å². The average Bonchev–Trinajstić information content (AvgIpc) is 2.83. The maximum atomic E-state index is 9.81. The third-order valence-electron chi connectivity index (χ3n) is 6.08. The van der Waals surface area contributed by atoms with Crippen LogP contribution in [0.4, 0.5) is 11.6 Å². The second-order valence-electron chi connectivity index (χ2n) is 9.61. The summed E-state index contributed by atoms with van der Waals surface area (Å²) in [6, 6.07) is 7.75. The second-order valence-corrected chi connectivity index (χ2v) is 9.61. The molecule has 1 fully saturated rings. The molecule has 0 bridgehead atoms. The molecule has 0 radical (unpaired) electrons. The van der Waals surface area contributed by atoms with Gasteiger partial charge in [0.05, 0.1) is 45.6 Å². The van der Waals surface area contributed by atoms with Crippen molar-refractivity contribution in [1.82, 2.24) is 15.0 Å². The largest absolute Gasteiger partial charge is 0.496 e. The predicted octanol–water partition coefficient (Wildman–Crippen LogP) is 3.74. The molecule has 0 amide bonds. The Balaban J connectivity index is 1.74. The lowest BCUT2D eigenvalue weighted by Crippen LogP contribution is -2.38. The molecule has 0 aliphatic carbocycles. The van der Waals surface area contributed by atoms with Crippen LogP contribution in [0, 0.1) is 5.53 Å². The van der Waals surface area contributed by atoms with E-state index >= 15 is 0 Å². The van der Waals surface area contributed by atoms with Gasteiger partial charge in [-0.2, -0.15) is 5.01 Å². The Morgan fingerprint density at radius 3 is 2.56 bits per heavy atom. The number of aromatic nitrogens is 2. The molecule has 9 nitrogen and oxygen atoms in total. The number of nitrogens with one attached hydrogen (secondary N) is 1. The molecule has 2 N–H and O–H groups in total. The number of methoxy groups -OCH3 is 1. The Morgan fingerprint density at radius 2 is 1.88 bits per heavy atom. The van der Waals surface area contributed by atoms with Crippen molar-refractivity contribution < 1.29 is 19.4 Å². The van der Waals surface area contributed by atoms with Crippen molar-refractivity contribution in [3.05, 3.63) is 42.2 Å². The first-order valence-corrected chi connectivity index (χ1v) is 12.0. The van der Waals surface area contributed by atoms with E-state index in [1.807, 2.05) is 29.3 Å². The van der Waals surface area contributed by atoms with Crippen LogP contribution in [0.3, 0.4) is 0 Å². The molecule has 0 spiro atoms. The number of aliphatic hydroxyl groups is 1. The lowest BCUT2D eigenvalue weighted by Gasteiger charge is -2.27. The zero-order valence-corrected chi connectivity index (χ0v) is 20.9. The maximum Gasteiger partial charge on any atom is 0.268 e. The van der Waals surface area contributed by atoms with Crippen molar-refractivity contribution in [2.75, 3.05) is 51.4 Å². The summed E-state index contributed by atoms with van der Waals surface area (Å²) in [7, 11) is 1.67. The highest BCUT2D eigenvalue weighted by atomic mass is 16.5. The van der Waals surface area contributed by atoms with Crippen LogP contribution in [0.1, 0.15) is 45.6 Å². The highest BCUT2D eigenvalue weighted by Crippen LogP contribution is 2.34. The lowest BCUT2D eigenvalue weighted by molar-refractivity contribution is -0.698. The molecule has 1 unspecified atom stereocenters. The van der Waals surface area contributed by atoms with Crippen LogP contribution in [0.15, 0.2) is 36.7 Å². The Labute approximate surface area is 202 Å². The Hall–Kier alpha value is -2.78. The summed E-state index contributed by atoms with van der Waals surface area (Å²) in [5.41, 5.74) is 10.6. The van der Waals surface area contributed by atoms with E-state index in [0.717, 1.165) is 42.9 Å². The van der Waals surface area contributed by atoms with Gasteiger partial charge in [0.2, 0.25) is 5.95 Å². The molecular formula is C25H39N6O3+. The average molecular weight is 472 g/mol. The van der Waals surface area contributed by atoms with E-state index in [0.29, 0.717) is 32.1 Å². The minimum absolute atomic E-state index is 0.0421. The number of anilines is 1. The van der Waals surface area contributed by atoms with Gasteiger partial charge in [0.1, 0.15) is 5.75 Å². The number of hydrazine groups is 1. The fourth-order valence-electron chi connectivity index (χ4n) is 4.12.